The molecule has 8 nitrogen and oxygen atoms in total. The number of carbonyl (C=O) groups is 2. The third kappa shape index (κ3) is 10.8. The zero-order valence-corrected chi connectivity index (χ0v) is 33.5. The van der Waals surface area contributed by atoms with Crippen molar-refractivity contribution in [2.45, 2.75) is 123 Å². The number of unbranched alkanes of at least 4 members (excludes halogenated alkanes) is 3. The van der Waals surface area contributed by atoms with Gasteiger partial charge in [0.25, 0.3) is 0 Å². The molecular formula is C47H60O8. The maximum atomic E-state index is 13.6. The maximum Gasteiger partial charge on any atom is 0.307 e. The van der Waals surface area contributed by atoms with E-state index >= 15 is 0 Å². The van der Waals surface area contributed by atoms with Crippen LogP contribution in [0.5, 0.6) is 23.0 Å². The van der Waals surface area contributed by atoms with Crippen molar-refractivity contribution >= 4 is 11.9 Å². The molecule has 0 aliphatic heterocycles. The fourth-order valence-corrected chi connectivity index (χ4v) is 7.22. The Morgan fingerprint density at radius 3 is 1.13 bits per heavy atom. The minimum atomic E-state index is -0.846. The van der Waals surface area contributed by atoms with E-state index < -0.39 is 22.8 Å². The summed E-state index contributed by atoms with van der Waals surface area (Å²) in [7, 11) is 0. The van der Waals surface area contributed by atoms with E-state index in [0.29, 0.717) is 24.8 Å². The molecule has 1 atom stereocenters. The quantitative estimate of drug-likeness (QED) is 0.0518. The molecule has 0 bridgehead atoms. The third-order valence-electron chi connectivity index (χ3n) is 11.0. The zero-order chi connectivity index (χ0) is 40.2. The summed E-state index contributed by atoms with van der Waals surface area (Å²) in [5.74, 6) is -0.144. The van der Waals surface area contributed by atoms with Crippen LogP contribution in [-0.4, -0.2) is 45.6 Å². The van der Waals surface area contributed by atoms with Crippen molar-refractivity contribution in [1.82, 2.24) is 0 Å². The Morgan fingerprint density at radius 1 is 0.509 bits per heavy atom. The lowest BCUT2D eigenvalue weighted by molar-refractivity contribution is -0.153. The minimum absolute atomic E-state index is 0.0174. The number of hydrogen-bond acceptors (Lipinski definition) is 8. The summed E-state index contributed by atoms with van der Waals surface area (Å²) in [6, 6.07) is 21.7. The van der Waals surface area contributed by atoms with E-state index in [0.717, 1.165) is 77.5 Å². The molecule has 4 aromatic rings. The first-order valence-corrected chi connectivity index (χ1v) is 19.8. The summed E-state index contributed by atoms with van der Waals surface area (Å²) in [5, 5.41) is 42.1. The highest BCUT2D eigenvalue weighted by Gasteiger charge is 2.35. The molecule has 0 radical (unpaired) electrons. The molecule has 0 saturated carbocycles. The third-order valence-corrected chi connectivity index (χ3v) is 11.0. The SMILES string of the molecule is CCCCc1cc(C(C)(CC(=O)OCCOC(=O)CC(C)(c2ccc(O)c(CCCC)c2)c2ccc(O)c(CCCC)c2)c2ccc(O)c(C)c2)ccc1O. The molecule has 296 valence electrons. The van der Waals surface area contributed by atoms with Gasteiger partial charge in [-0.2, -0.15) is 0 Å². The molecule has 0 saturated heterocycles. The van der Waals surface area contributed by atoms with Gasteiger partial charge in [-0.3, -0.25) is 9.59 Å². The van der Waals surface area contributed by atoms with Crippen LogP contribution in [0.3, 0.4) is 0 Å². The van der Waals surface area contributed by atoms with Crippen molar-refractivity contribution in [3.63, 3.8) is 0 Å². The molecule has 0 fully saturated rings. The Labute approximate surface area is 327 Å². The largest absolute Gasteiger partial charge is 0.508 e. The summed E-state index contributed by atoms with van der Waals surface area (Å²) in [6.07, 6.45) is 7.74. The number of aryl methyl sites for hydroxylation is 4. The average molecular weight is 753 g/mol. The Balaban J connectivity index is 1.51. The second-order valence-electron chi connectivity index (χ2n) is 15.3. The molecule has 4 rings (SSSR count). The van der Waals surface area contributed by atoms with Gasteiger partial charge in [-0.25, -0.2) is 0 Å². The lowest BCUT2D eigenvalue weighted by atomic mass is 9.72. The van der Waals surface area contributed by atoms with E-state index in [1.54, 1.807) is 37.3 Å². The molecule has 0 aliphatic rings. The molecule has 0 amide bonds. The number of benzene rings is 4. The lowest BCUT2D eigenvalue weighted by Crippen LogP contribution is -2.30. The minimum Gasteiger partial charge on any atom is -0.508 e. The van der Waals surface area contributed by atoms with Gasteiger partial charge in [0, 0.05) is 10.8 Å². The number of aromatic hydroxyl groups is 4. The standard InChI is InChI=1S/C47H60O8/c1-7-10-13-33-27-37(17-21-41(33)49)46(5,36-16-20-40(48)32(4)26-36)30-44(52)54-24-25-55-45(53)31-47(6,38-18-22-42(50)34(28-38)14-11-8-2)39-19-23-43(51)35(29-39)15-12-9-3/h16-23,26-29,48-51H,7-15,24-25,30-31H2,1-6H3. The zero-order valence-electron chi connectivity index (χ0n) is 33.5. The highest BCUT2D eigenvalue weighted by Crippen LogP contribution is 2.41. The van der Waals surface area contributed by atoms with Gasteiger partial charge in [0.2, 0.25) is 0 Å². The first-order chi connectivity index (χ1) is 26.2. The molecule has 0 heterocycles. The summed E-state index contributed by atoms with van der Waals surface area (Å²) < 4.78 is 11.4. The van der Waals surface area contributed by atoms with Crippen molar-refractivity contribution in [2.24, 2.45) is 0 Å². The Hall–Kier alpha value is -4.98. The van der Waals surface area contributed by atoms with Crippen molar-refractivity contribution in [1.29, 1.82) is 0 Å². The number of esters is 2. The maximum absolute atomic E-state index is 13.6. The van der Waals surface area contributed by atoms with Crippen LogP contribution in [0.15, 0.2) is 72.8 Å². The van der Waals surface area contributed by atoms with E-state index in [-0.39, 0.29) is 49.1 Å². The monoisotopic (exact) mass is 752 g/mol. The van der Waals surface area contributed by atoms with Crippen molar-refractivity contribution in [2.75, 3.05) is 13.2 Å². The summed E-state index contributed by atoms with van der Waals surface area (Å²) in [6.45, 7) is 11.8. The fourth-order valence-electron chi connectivity index (χ4n) is 7.22. The van der Waals surface area contributed by atoms with Gasteiger partial charge in [-0.15, -0.1) is 0 Å². The van der Waals surface area contributed by atoms with Crippen LogP contribution >= 0.6 is 0 Å². The predicted octanol–water partition coefficient (Wildman–Crippen LogP) is 10.0. The molecule has 0 spiro atoms. The van der Waals surface area contributed by atoms with Crippen molar-refractivity contribution < 1.29 is 39.5 Å². The Morgan fingerprint density at radius 2 is 0.818 bits per heavy atom. The number of hydrogen-bond donors (Lipinski definition) is 4. The predicted molar refractivity (Wildman–Crippen MR) is 217 cm³/mol. The normalized spacial score (nSPS) is 12.6. The van der Waals surface area contributed by atoms with E-state index in [1.165, 1.54) is 0 Å². The number of phenolic OH excluding ortho intramolecular Hbond substituents is 4. The smallest absolute Gasteiger partial charge is 0.307 e. The van der Waals surface area contributed by atoms with Gasteiger partial charge in [0.15, 0.2) is 0 Å². The van der Waals surface area contributed by atoms with Crippen LogP contribution in [0.1, 0.15) is 130 Å². The van der Waals surface area contributed by atoms with Gasteiger partial charge in [0.1, 0.15) is 36.2 Å². The lowest BCUT2D eigenvalue weighted by Gasteiger charge is -2.32. The second kappa shape index (κ2) is 19.6. The molecule has 4 aromatic carbocycles. The molecule has 4 N–H and O–H groups in total. The fraction of sp³-hybridized carbons (Fsp3) is 0.447. The van der Waals surface area contributed by atoms with Gasteiger partial charge >= 0.3 is 11.9 Å². The van der Waals surface area contributed by atoms with Gasteiger partial charge in [0.05, 0.1) is 12.8 Å². The highest BCUT2D eigenvalue weighted by atomic mass is 16.6. The molecule has 1 unspecified atom stereocenters. The molecule has 0 aliphatic carbocycles. The van der Waals surface area contributed by atoms with Crippen LogP contribution in [0.2, 0.25) is 0 Å². The van der Waals surface area contributed by atoms with E-state index in [2.05, 4.69) is 20.8 Å². The van der Waals surface area contributed by atoms with E-state index in [4.69, 9.17) is 9.47 Å². The average Bonchev–Trinajstić information content (AvgIpc) is 3.16. The number of rotatable bonds is 20. The van der Waals surface area contributed by atoms with Crippen LogP contribution in [0, 0.1) is 6.92 Å². The van der Waals surface area contributed by atoms with Crippen molar-refractivity contribution in [3.05, 3.63) is 117 Å². The Kier molecular flexibility index (Phi) is 15.2. The molecule has 55 heavy (non-hydrogen) atoms. The van der Waals surface area contributed by atoms with Gasteiger partial charge < -0.3 is 29.9 Å². The second-order valence-corrected chi connectivity index (χ2v) is 15.3. The van der Waals surface area contributed by atoms with Gasteiger partial charge in [-0.05, 0) is 114 Å². The van der Waals surface area contributed by atoms with Crippen LogP contribution in [0.4, 0.5) is 0 Å². The summed E-state index contributed by atoms with van der Waals surface area (Å²) in [4.78, 5) is 27.1. The van der Waals surface area contributed by atoms with Crippen molar-refractivity contribution in [3.8, 4) is 23.0 Å². The molecule has 8 heteroatoms. The van der Waals surface area contributed by atoms with Crippen LogP contribution in [-0.2, 0) is 49.2 Å². The van der Waals surface area contributed by atoms with E-state index in [1.807, 2.05) is 56.3 Å². The number of ether oxygens (including phenoxy) is 2. The summed E-state index contributed by atoms with van der Waals surface area (Å²) >= 11 is 0. The molecule has 0 aromatic heterocycles. The number of carbonyl (C=O) groups excluding carboxylic acids is 2. The van der Waals surface area contributed by atoms with Crippen LogP contribution in [0.25, 0.3) is 0 Å². The van der Waals surface area contributed by atoms with Crippen LogP contribution < -0.4 is 0 Å². The summed E-state index contributed by atoms with van der Waals surface area (Å²) in [5.41, 5.74) is 4.77. The Bertz CT molecular complexity index is 1860. The first-order valence-electron chi connectivity index (χ1n) is 19.8. The van der Waals surface area contributed by atoms with Gasteiger partial charge in [-0.1, -0.05) is 102 Å². The first kappa shape index (κ1) is 42.8. The highest BCUT2D eigenvalue weighted by molar-refractivity contribution is 5.74. The molecular weight excluding hydrogens is 693 g/mol. The number of phenols is 4. The van der Waals surface area contributed by atoms with E-state index in [9.17, 15) is 30.0 Å². The topological polar surface area (TPSA) is 134 Å².